The summed E-state index contributed by atoms with van der Waals surface area (Å²) in [6.45, 7) is 2.41. The molecular weight excluding hydrogens is 310 g/mol. The zero-order chi connectivity index (χ0) is 16.2. The van der Waals surface area contributed by atoms with Crippen molar-refractivity contribution < 1.29 is 9.53 Å². The van der Waals surface area contributed by atoms with E-state index in [4.69, 9.17) is 10.5 Å². The van der Waals surface area contributed by atoms with Crippen LogP contribution in [-0.4, -0.2) is 29.6 Å². The molecule has 122 valence electrons. The molecule has 0 spiro atoms. The monoisotopic (exact) mass is 331 g/mol. The fourth-order valence-electron chi connectivity index (χ4n) is 2.67. The first kappa shape index (κ1) is 16.1. The molecule has 1 aliphatic rings. The first-order valence-electron chi connectivity index (χ1n) is 7.84. The van der Waals surface area contributed by atoms with Crippen molar-refractivity contribution >= 4 is 17.2 Å². The molecule has 5 nitrogen and oxygen atoms in total. The minimum atomic E-state index is -0.389. The smallest absolute Gasteiger partial charge is 0.249 e. The van der Waals surface area contributed by atoms with E-state index < -0.39 is 0 Å². The third-order valence-electron chi connectivity index (χ3n) is 3.98. The summed E-state index contributed by atoms with van der Waals surface area (Å²) in [5.74, 6) is -0.0788. The molecule has 1 unspecified atom stereocenters. The SMILES string of the molecule is CC(NC(=O)[C@@H]1CC[C@H](CN)O1)c1nc(-c2ccccc2)cs1. The summed E-state index contributed by atoms with van der Waals surface area (Å²) in [5.41, 5.74) is 7.60. The zero-order valence-electron chi connectivity index (χ0n) is 13.1. The Hall–Kier alpha value is -1.76. The second-order valence-electron chi connectivity index (χ2n) is 5.73. The quantitative estimate of drug-likeness (QED) is 0.882. The third kappa shape index (κ3) is 3.77. The van der Waals surface area contributed by atoms with Gasteiger partial charge in [-0.05, 0) is 19.8 Å². The van der Waals surface area contributed by atoms with Gasteiger partial charge in [0.05, 0.1) is 17.8 Å². The number of aromatic nitrogens is 1. The van der Waals surface area contributed by atoms with Gasteiger partial charge in [0, 0.05) is 17.5 Å². The van der Waals surface area contributed by atoms with Gasteiger partial charge in [0.2, 0.25) is 5.91 Å². The van der Waals surface area contributed by atoms with Crippen LogP contribution in [0, 0.1) is 0 Å². The lowest BCUT2D eigenvalue weighted by Gasteiger charge is -2.16. The van der Waals surface area contributed by atoms with E-state index in [1.165, 1.54) is 0 Å². The highest BCUT2D eigenvalue weighted by Gasteiger charge is 2.30. The maximum Gasteiger partial charge on any atom is 0.249 e. The number of nitrogens with one attached hydrogen (secondary N) is 1. The summed E-state index contributed by atoms with van der Waals surface area (Å²) in [4.78, 5) is 16.9. The summed E-state index contributed by atoms with van der Waals surface area (Å²) in [6.07, 6.45) is 1.19. The van der Waals surface area contributed by atoms with Crippen molar-refractivity contribution in [3.63, 3.8) is 0 Å². The van der Waals surface area contributed by atoms with Crippen molar-refractivity contribution in [3.05, 3.63) is 40.7 Å². The van der Waals surface area contributed by atoms with Crippen molar-refractivity contribution in [2.45, 2.75) is 38.0 Å². The molecule has 3 N–H and O–H groups in total. The first-order chi connectivity index (χ1) is 11.2. The van der Waals surface area contributed by atoms with E-state index in [0.29, 0.717) is 6.54 Å². The Labute approximate surface area is 139 Å². The standard InChI is InChI=1S/C17H21N3O2S/c1-11(19-16(21)15-8-7-13(9-18)22-15)17-20-14(10-23-17)12-5-3-2-4-6-12/h2-6,10-11,13,15H,7-9,18H2,1H3,(H,19,21)/t11?,13-,15+/m1/s1. The molecule has 1 fully saturated rings. The van der Waals surface area contributed by atoms with Gasteiger partial charge < -0.3 is 15.8 Å². The molecule has 1 aromatic heterocycles. The molecule has 0 bridgehead atoms. The fraction of sp³-hybridized carbons (Fsp3) is 0.412. The number of carbonyl (C=O) groups is 1. The zero-order valence-corrected chi connectivity index (χ0v) is 13.9. The Balaban J connectivity index is 1.61. The maximum absolute atomic E-state index is 12.3. The highest BCUT2D eigenvalue weighted by atomic mass is 32.1. The Morgan fingerprint density at radius 1 is 1.43 bits per heavy atom. The van der Waals surface area contributed by atoms with E-state index in [2.05, 4.69) is 10.3 Å². The number of rotatable bonds is 5. The number of hydrogen-bond donors (Lipinski definition) is 2. The lowest BCUT2D eigenvalue weighted by atomic mass is 10.2. The predicted octanol–water partition coefficient (Wildman–Crippen LogP) is 2.49. The number of hydrogen-bond acceptors (Lipinski definition) is 5. The average molecular weight is 331 g/mol. The third-order valence-corrected chi connectivity index (χ3v) is 5.01. The van der Waals surface area contributed by atoms with E-state index in [1.807, 2.05) is 42.6 Å². The molecule has 23 heavy (non-hydrogen) atoms. The van der Waals surface area contributed by atoms with Crippen molar-refractivity contribution in [1.29, 1.82) is 0 Å². The van der Waals surface area contributed by atoms with Gasteiger partial charge in [0.15, 0.2) is 0 Å². The number of ether oxygens (including phenoxy) is 1. The maximum atomic E-state index is 12.3. The van der Waals surface area contributed by atoms with E-state index in [1.54, 1.807) is 11.3 Å². The topological polar surface area (TPSA) is 77.2 Å². The van der Waals surface area contributed by atoms with E-state index in [0.717, 1.165) is 29.1 Å². The lowest BCUT2D eigenvalue weighted by molar-refractivity contribution is -0.132. The number of carbonyl (C=O) groups excluding carboxylic acids is 1. The summed E-state index contributed by atoms with van der Waals surface area (Å²) in [6, 6.07) is 9.89. The predicted molar refractivity (Wildman–Crippen MR) is 91.1 cm³/mol. The number of nitrogens with zero attached hydrogens (tertiary/aromatic N) is 1. The molecule has 3 atom stereocenters. The van der Waals surface area contributed by atoms with Crippen molar-refractivity contribution in [2.24, 2.45) is 5.73 Å². The van der Waals surface area contributed by atoms with Crippen LogP contribution in [0.5, 0.6) is 0 Å². The van der Waals surface area contributed by atoms with Gasteiger partial charge in [-0.2, -0.15) is 0 Å². The normalized spacial score (nSPS) is 22.0. The van der Waals surface area contributed by atoms with Crippen LogP contribution >= 0.6 is 11.3 Å². The van der Waals surface area contributed by atoms with Gasteiger partial charge in [-0.3, -0.25) is 4.79 Å². The van der Waals surface area contributed by atoms with E-state index >= 15 is 0 Å². The van der Waals surface area contributed by atoms with Crippen LogP contribution < -0.4 is 11.1 Å². The minimum Gasteiger partial charge on any atom is -0.364 e. The van der Waals surface area contributed by atoms with Crippen molar-refractivity contribution in [2.75, 3.05) is 6.54 Å². The second-order valence-corrected chi connectivity index (χ2v) is 6.62. The minimum absolute atomic E-state index is 0.00519. The van der Waals surface area contributed by atoms with Crippen LogP contribution in [0.3, 0.4) is 0 Å². The van der Waals surface area contributed by atoms with Crippen LogP contribution in [0.2, 0.25) is 0 Å². The number of thiazole rings is 1. The largest absolute Gasteiger partial charge is 0.364 e. The summed E-state index contributed by atoms with van der Waals surface area (Å²) < 4.78 is 5.63. The van der Waals surface area contributed by atoms with E-state index in [9.17, 15) is 4.79 Å². The molecule has 1 saturated heterocycles. The summed E-state index contributed by atoms with van der Waals surface area (Å²) >= 11 is 1.56. The Morgan fingerprint density at radius 3 is 2.91 bits per heavy atom. The molecule has 1 amide bonds. The molecule has 6 heteroatoms. The molecule has 2 heterocycles. The van der Waals surface area contributed by atoms with Crippen LogP contribution in [0.15, 0.2) is 35.7 Å². The lowest BCUT2D eigenvalue weighted by Crippen LogP contribution is -2.36. The number of nitrogens with two attached hydrogens (primary N) is 1. The highest BCUT2D eigenvalue weighted by Crippen LogP contribution is 2.26. The average Bonchev–Trinajstić information content (AvgIpc) is 3.25. The van der Waals surface area contributed by atoms with Crippen LogP contribution in [0.4, 0.5) is 0 Å². The first-order valence-corrected chi connectivity index (χ1v) is 8.72. The van der Waals surface area contributed by atoms with Gasteiger partial charge in [0.1, 0.15) is 11.1 Å². The summed E-state index contributed by atoms with van der Waals surface area (Å²) in [7, 11) is 0. The molecule has 2 aromatic rings. The molecule has 1 aliphatic heterocycles. The molecule has 0 radical (unpaired) electrons. The highest BCUT2D eigenvalue weighted by molar-refractivity contribution is 7.10. The Bertz CT molecular complexity index is 659. The second kappa shape index (κ2) is 7.21. The Morgan fingerprint density at radius 2 is 2.22 bits per heavy atom. The molecule has 3 rings (SSSR count). The molecular formula is C17H21N3O2S. The van der Waals surface area contributed by atoms with Gasteiger partial charge in [-0.15, -0.1) is 11.3 Å². The molecule has 1 aromatic carbocycles. The number of benzene rings is 1. The van der Waals surface area contributed by atoms with Crippen molar-refractivity contribution in [3.8, 4) is 11.3 Å². The van der Waals surface area contributed by atoms with Gasteiger partial charge in [-0.1, -0.05) is 30.3 Å². The molecule has 0 aliphatic carbocycles. The van der Waals surface area contributed by atoms with Crippen molar-refractivity contribution in [1.82, 2.24) is 10.3 Å². The van der Waals surface area contributed by atoms with Gasteiger partial charge in [0.25, 0.3) is 0 Å². The van der Waals surface area contributed by atoms with Crippen LogP contribution in [-0.2, 0) is 9.53 Å². The van der Waals surface area contributed by atoms with Crippen LogP contribution in [0.25, 0.3) is 11.3 Å². The number of amides is 1. The molecule has 0 saturated carbocycles. The summed E-state index contributed by atoms with van der Waals surface area (Å²) in [5, 5.41) is 5.90. The van der Waals surface area contributed by atoms with Gasteiger partial charge >= 0.3 is 0 Å². The van der Waals surface area contributed by atoms with E-state index in [-0.39, 0.29) is 24.2 Å². The van der Waals surface area contributed by atoms with Crippen LogP contribution in [0.1, 0.15) is 30.8 Å². The fourth-order valence-corrected chi connectivity index (χ4v) is 3.50. The Kier molecular flexibility index (Phi) is 5.05. The van der Waals surface area contributed by atoms with Gasteiger partial charge in [-0.25, -0.2) is 4.98 Å².